The number of nitrogen functional groups attached to an aromatic ring is 1. The first-order chi connectivity index (χ1) is 9.38. The van der Waals surface area contributed by atoms with Crippen molar-refractivity contribution in [1.82, 2.24) is 19.0 Å². The maximum absolute atomic E-state index is 12.8. The van der Waals surface area contributed by atoms with Crippen LogP contribution in [0.2, 0.25) is 0 Å². The molecule has 3 heterocycles. The van der Waals surface area contributed by atoms with Crippen LogP contribution >= 0.6 is 11.5 Å². The summed E-state index contributed by atoms with van der Waals surface area (Å²) in [6.07, 6.45) is -3.47. The van der Waals surface area contributed by atoms with Crippen LogP contribution in [0.25, 0.3) is 17.0 Å². The van der Waals surface area contributed by atoms with Crippen molar-refractivity contribution < 1.29 is 13.2 Å². The second kappa shape index (κ2) is 4.17. The number of rotatable bonds is 1. The molecule has 104 valence electrons. The van der Waals surface area contributed by atoms with Gasteiger partial charge in [-0.2, -0.15) is 17.5 Å². The smallest absolute Gasteiger partial charge is 0.389 e. The van der Waals surface area contributed by atoms with Gasteiger partial charge in [0.25, 0.3) is 0 Å². The fourth-order valence-corrected chi connectivity index (χ4v) is 2.54. The van der Waals surface area contributed by atoms with Gasteiger partial charge in [-0.25, -0.2) is 0 Å². The first kappa shape index (κ1) is 12.9. The number of anilines is 1. The van der Waals surface area contributed by atoms with Crippen molar-refractivity contribution in [1.29, 1.82) is 0 Å². The molecule has 0 aliphatic rings. The third-order valence-corrected chi connectivity index (χ3v) is 3.61. The Hall–Kier alpha value is -2.16. The minimum absolute atomic E-state index is 0.259. The van der Waals surface area contributed by atoms with Gasteiger partial charge >= 0.3 is 6.18 Å². The molecular formula is C11H8F3N5S. The van der Waals surface area contributed by atoms with Crippen molar-refractivity contribution in [2.24, 2.45) is 0 Å². The lowest BCUT2D eigenvalue weighted by molar-refractivity contribution is -0.137. The van der Waals surface area contributed by atoms with E-state index < -0.39 is 11.7 Å². The van der Waals surface area contributed by atoms with Crippen molar-refractivity contribution in [3.63, 3.8) is 0 Å². The van der Waals surface area contributed by atoms with E-state index in [9.17, 15) is 13.2 Å². The van der Waals surface area contributed by atoms with Crippen molar-refractivity contribution in [2.45, 2.75) is 13.1 Å². The van der Waals surface area contributed by atoms with Gasteiger partial charge in [0.05, 0.1) is 16.8 Å². The summed E-state index contributed by atoms with van der Waals surface area (Å²) in [5.41, 5.74) is 6.47. The highest BCUT2D eigenvalue weighted by Gasteiger charge is 2.31. The minimum Gasteiger partial charge on any atom is -0.389 e. The Balaban J connectivity index is 2.27. The molecule has 0 aromatic carbocycles. The third-order valence-electron chi connectivity index (χ3n) is 2.84. The maximum atomic E-state index is 12.8. The second-order valence-corrected chi connectivity index (χ2v) is 4.98. The molecule has 0 unspecified atom stereocenters. The quantitative estimate of drug-likeness (QED) is 0.750. The first-order valence-corrected chi connectivity index (χ1v) is 6.29. The van der Waals surface area contributed by atoms with E-state index in [0.29, 0.717) is 21.9 Å². The Morgan fingerprint density at radius 2 is 2.00 bits per heavy atom. The molecule has 0 bridgehead atoms. The number of nitrogens with zero attached hydrogens (tertiary/aromatic N) is 4. The van der Waals surface area contributed by atoms with Crippen molar-refractivity contribution in [2.75, 3.05) is 5.73 Å². The zero-order valence-corrected chi connectivity index (χ0v) is 11.0. The second-order valence-electron chi connectivity index (χ2n) is 4.17. The summed E-state index contributed by atoms with van der Waals surface area (Å²) < 4.78 is 43.6. The van der Waals surface area contributed by atoms with Gasteiger partial charge in [-0.1, -0.05) is 0 Å². The van der Waals surface area contributed by atoms with Crippen molar-refractivity contribution in [3.8, 4) is 11.4 Å². The molecule has 3 rings (SSSR count). The van der Waals surface area contributed by atoms with E-state index in [4.69, 9.17) is 5.73 Å². The maximum Gasteiger partial charge on any atom is 0.417 e. The van der Waals surface area contributed by atoms with E-state index in [-0.39, 0.29) is 5.82 Å². The van der Waals surface area contributed by atoms with E-state index in [1.54, 1.807) is 6.92 Å². The van der Waals surface area contributed by atoms with E-state index in [2.05, 4.69) is 14.6 Å². The first-order valence-electron chi connectivity index (χ1n) is 5.52. The Morgan fingerprint density at radius 1 is 1.25 bits per heavy atom. The fraction of sp³-hybridized carbons (Fsp3) is 0.182. The van der Waals surface area contributed by atoms with Crippen LogP contribution in [0, 0.1) is 6.92 Å². The van der Waals surface area contributed by atoms with Crippen LogP contribution in [-0.2, 0) is 6.18 Å². The largest absolute Gasteiger partial charge is 0.417 e. The molecule has 9 heteroatoms. The Kier molecular flexibility index (Phi) is 2.68. The summed E-state index contributed by atoms with van der Waals surface area (Å²) in [5, 5.41) is 8.16. The fourth-order valence-electron chi connectivity index (χ4n) is 1.89. The Morgan fingerprint density at radius 3 is 2.60 bits per heavy atom. The number of pyridine rings is 1. The lowest BCUT2D eigenvalue weighted by Crippen LogP contribution is -2.06. The van der Waals surface area contributed by atoms with Crippen LogP contribution in [0.5, 0.6) is 0 Å². The number of aryl methyl sites for hydroxylation is 1. The number of aromatic nitrogens is 4. The average Bonchev–Trinajstić information content (AvgIpc) is 2.92. The minimum atomic E-state index is -4.43. The molecular weight excluding hydrogens is 291 g/mol. The van der Waals surface area contributed by atoms with Gasteiger partial charge in [0.1, 0.15) is 5.00 Å². The van der Waals surface area contributed by atoms with Gasteiger partial charge in [-0.05, 0) is 30.6 Å². The molecule has 20 heavy (non-hydrogen) atoms. The summed E-state index contributed by atoms with van der Waals surface area (Å²) in [6, 6.07) is 2.24. The van der Waals surface area contributed by atoms with Crippen LogP contribution in [0.1, 0.15) is 11.3 Å². The summed E-state index contributed by atoms with van der Waals surface area (Å²) >= 11 is 1.07. The van der Waals surface area contributed by atoms with Crippen molar-refractivity contribution >= 4 is 22.2 Å². The third kappa shape index (κ3) is 1.90. The molecule has 0 amide bonds. The zero-order valence-electron chi connectivity index (χ0n) is 10.1. The molecule has 0 fully saturated rings. The lowest BCUT2D eigenvalue weighted by Gasteiger charge is -2.07. The van der Waals surface area contributed by atoms with Gasteiger partial charge in [0.15, 0.2) is 11.5 Å². The topological polar surface area (TPSA) is 69.1 Å². The molecule has 0 atom stereocenters. The molecule has 0 aliphatic heterocycles. The summed E-state index contributed by atoms with van der Waals surface area (Å²) in [5.74, 6) is 0.259. The van der Waals surface area contributed by atoms with Gasteiger partial charge < -0.3 is 5.73 Å². The van der Waals surface area contributed by atoms with E-state index in [0.717, 1.165) is 23.8 Å². The number of fused-ring (bicyclic) bond motifs is 1. The molecule has 0 spiro atoms. The van der Waals surface area contributed by atoms with Crippen LogP contribution in [0.3, 0.4) is 0 Å². The van der Waals surface area contributed by atoms with Gasteiger partial charge in [0.2, 0.25) is 0 Å². The summed E-state index contributed by atoms with van der Waals surface area (Å²) in [6.45, 7) is 1.72. The van der Waals surface area contributed by atoms with Crippen LogP contribution < -0.4 is 5.73 Å². The molecule has 3 aromatic heterocycles. The van der Waals surface area contributed by atoms with Crippen molar-refractivity contribution in [3.05, 3.63) is 29.6 Å². The standard InChI is InChI=1S/C11H8F3N5S/c1-5-8(9(15)20-18-5)10-17-16-7-3-2-6(4-19(7)10)11(12,13)14/h2-4H,15H2,1H3. The van der Waals surface area contributed by atoms with E-state index in [1.165, 1.54) is 10.5 Å². The highest BCUT2D eigenvalue weighted by Crippen LogP contribution is 2.33. The van der Waals surface area contributed by atoms with E-state index >= 15 is 0 Å². The Bertz CT molecular complexity index is 770. The molecule has 2 N–H and O–H groups in total. The van der Waals surface area contributed by atoms with Gasteiger partial charge in [-0.15, -0.1) is 10.2 Å². The molecule has 3 aromatic rings. The van der Waals surface area contributed by atoms with Crippen LogP contribution in [0.4, 0.5) is 18.2 Å². The normalized spacial score (nSPS) is 12.2. The number of alkyl halides is 3. The average molecular weight is 299 g/mol. The van der Waals surface area contributed by atoms with Gasteiger partial charge in [-0.3, -0.25) is 4.40 Å². The molecule has 0 saturated carbocycles. The predicted molar refractivity (Wildman–Crippen MR) is 68.2 cm³/mol. The monoisotopic (exact) mass is 299 g/mol. The molecule has 0 aliphatic carbocycles. The highest BCUT2D eigenvalue weighted by molar-refractivity contribution is 7.10. The Labute approximate surface area is 115 Å². The van der Waals surface area contributed by atoms with Crippen LogP contribution in [-0.4, -0.2) is 19.0 Å². The van der Waals surface area contributed by atoms with E-state index in [1.807, 2.05) is 0 Å². The number of hydrogen-bond acceptors (Lipinski definition) is 5. The zero-order chi connectivity index (χ0) is 14.5. The summed E-state index contributed by atoms with van der Waals surface area (Å²) in [4.78, 5) is 0. The predicted octanol–water partition coefficient (Wildman–Crippen LogP) is 2.76. The number of halogens is 3. The van der Waals surface area contributed by atoms with Crippen LogP contribution in [0.15, 0.2) is 18.3 Å². The molecule has 0 radical (unpaired) electrons. The number of nitrogens with two attached hydrogens (primary N) is 1. The summed E-state index contributed by atoms with van der Waals surface area (Å²) in [7, 11) is 0. The highest BCUT2D eigenvalue weighted by atomic mass is 32.1. The molecule has 5 nitrogen and oxygen atoms in total. The lowest BCUT2D eigenvalue weighted by atomic mass is 10.2. The SMILES string of the molecule is Cc1nsc(N)c1-c1nnc2ccc(C(F)(F)F)cn12. The number of hydrogen-bond donors (Lipinski definition) is 1. The van der Waals surface area contributed by atoms with Gasteiger partial charge in [0, 0.05) is 6.20 Å². The molecule has 0 saturated heterocycles.